The quantitative estimate of drug-likeness (QED) is 0.398. The average molecular weight is 435 g/mol. The van der Waals surface area contributed by atoms with Crippen LogP contribution in [0.1, 0.15) is 42.4 Å². The lowest BCUT2D eigenvalue weighted by atomic mass is 9.94. The van der Waals surface area contributed by atoms with E-state index in [2.05, 4.69) is 0 Å². The van der Waals surface area contributed by atoms with Crippen molar-refractivity contribution in [1.82, 2.24) is 4.90 Å². The number of carbonyl (C=O) groups excluding carboxylic acids is 2. The number of hydrogen-bond acceptors (Lipinski definition) is 6. The number of benzene rings is 2. The molecule has 1 aliphatic rings. The minimum atomic E-state index is -0.852. The molecule has 2 heterocycles. The van der Waals surface area contributed by atoms with Crippen LogP contribution < -0.4 is 0 Å². The zero-order chi connectivity index (χ0) is 22.8. The van der Waals surface area contributed by atoms with E-state index in [1.807, 2.05) is 26.0 Å². The van der Waals surface area contributed by atoms with Crippen LogP contribution in [0.5, 0.6) is 5.75 Å². The molecule has 2 aromatic carbocycles. The highest BCUT2D eigenvalue weighted by molar-refractivity contribution is 6.16. The fourth-order valence-corrected chi connectivity index (χ4v) is 3.94. The van der Waals surface area contributed by atoms with Gasteiger partial charge in [0.05, 0.1) is 17.7 Å². The van der Waals surface area contributed by atoms with Gasteiger partial charge in [-0.05, 0) is 50.1 Å². The molecule has 1 aromatic heterocycles. The maximum atomic E-state index is 13.4. The maximum absolute atomic E-state index is 13.4. The number of nitrogens with zero attached hydrogens (tertiary/aromatic N) is 1. The zero-order valence-electron chi connectivity index (χ0n) is 17.9. The Kier molecular flexibility index (Phi) is 6.01. The van der Waals surface area contributed by atoms with Crippen molar-refractivity contribution in [3.05, 3.63) is 77.3 Å². The highest BCUT2D eigenvalue weighted by Gasteiger charge is 2.44. The van der Waals surface area contributed by atoms with Gasteiger partial charge in [0.1, 0.15) is 11.3 Å². The first-order valence-electron chi connectivity index (χ1n) is 10.5. The molecule has 0 fully saturated rings. The molecular formula is C25H25NO6. The molecule has 0 spiro atoms. The second kappa shape index (κ2) is 8.88. The van der Waals surface area contributed by atoms with Crippen LogP contribution in [0, 0.1) is 0 Å². The van der Waals surface area contributed by atoms with Gasteiger partial charge in [-0.1, -0.05) is 30.3 Å². The standard InChI is InChI=1S/C25H25NO6/c1-15(2)31-12-6-11-26-22(17-8-5-9-18(27)13-17)21(24(29)25(26)30)23(28)20-14-16-7-3-4-10-19(16)32-20/h3-5,7-10,13-15,22,27,29H,6,11-12H2,1-2H3. The van der Waals surface area contributed by atoms with Crippen LogP contribution >= 0.6 is 0 Å². The molecule has 166 valence electrons. The van der Waals surface area contributed by atoms with Crippen molar-refractivity contribution in [2.24, 2.45) is 0 Å². The second-order valence-corrected chi connectivity index (χ2v) is 8.01. The molecule has 0 saturated heterocycles. The van der Waals surface area contributed by atoms with Gasteiger partial charge in [-0.15, -0.1) is 0 Å². The number of phenols is 1. The number of para-hydroxylation sites is 1. The fraction of sp³-hybridized carbons (Fsp3) is 0.280. The van der Waals surface area contributed by atoms with Gasteiger partial charge in [-0.3, -0.25) is 9.59 Å². The molecule has 0 saturated carbocycles. The summed E-state index contributed by atoms with van der Waals surface area (Å²) in [5.41, 5.74) is 0.993. The van der Waals surface area contributed by atoms with E-state index in [-0.39, 0.29) is 29.7 Å². The van der Waals surface area contributed by atoms with Gasteiger partial charge in [0, 0.05) is 18.5 Å². The normalized spacial score (nSPS) is 16.5. The highest BCUT2D eigenvalue weighted by atomic mass is 16.5. The smallest absolute Gasteiger partial charge is 0.290 e. The predicted octanol–water partition coefficient (Wildman–Crippen LogP) is 4.53. The summed E-state index contributed by atoms with van der Waals surface area (Å²) in [7, 11) is 0. The fourth-order valence-electron chi connectivity index (χ4n) is 3.94. The summed E-state index contributed by atoms with van der Waals surface area (Å²) in [5.74, 6) is -1.77. The molecule has 1 aliphatic heterocycles. The number of aliphatic hydroxyl groups excluding tert-OH is 1. The zero-order valence-corrected chi connectivity index (χ0v) is 17.9. The molecule has 0 radical (unpaired) electrons. The number of Topliss-reactive ketones (excluding diaryl/α,β-unsaturated/α-hetero) is 1. The van der Waals surface area contributed by atoms with Gasteiger partial charge in [-0.25, -0.2) is 0 Å². The van der Waals surface area contributed by atoms with Crippen molar-refractivity contribution >= 4 is 22.7 Å². The topological polar surface area (TPSA) is 100 Å². The number of carbonyl (C=O) groups is 2. The van der Waals surface area contributed by atoms with E-state index in [0.29, 0.717) is 24.2 Å². The summed E-state index contributed by atoms with van der Waals surface area (Å²) >= 11 is 0. The summed E-state index contributed by atoms with van der Waals surface area (Å²) in [6.45, 7) is 4.55. The van der Waals surface area contributed by atoms with Crippen molar-refractivity contribution in [2.75, 3.05) is 13.2 Å². The number of ether oxygens (including phenoxy) is 1. The van der Waals surface area contributed by atoms with Crippen molar-refractivity contribution in [3.63, 3.8) is 0 Å². The number of rotatable bonds is 8. The van der Waals surface area contributed by atoms with Crippen LogP contribution in [0.25, 0.3) is 11.0 Å². The molecular weight excluding hydrogens is 410 g/mol. The Morgan fingerprint density at radius 2 is 1.91 bits per heavy atom. The summed E-state index contributed by atoms with van der Waals surface area (Å²) < 4.78 is 11.3. The Bertz CT molecular complexity index is 1160. The van der Waals surface area contributed by atoms with Gasteiger partial charge in [0.15, 0.2) is 11.5 Å². The van der Waals surface area contributed by atoms with Crippen molar-refractivity contribution in [3.8, 4) is 5.75 Å². The highest BCUT2D eigenvalue weighted by Crippen LogP contribution is 2.40. The first kappa shape index (κ1) is 21.6. The van der Waals surface area contributed by atoms with Gasteiger partial charge in [0.2, 0.25) is 5.78 Å². The number of fused-ring (bicyclic) bond motifs is 1. The largest absolute Gasteiger partial charge is 0.508 e. The molecule has 7 heteroatoms. The molecule has 1 unspecified atom stereocenters. The number of aliphatic hydroxyl groups is 1. The van der Waals surface area contributed by atoms with E-state index in [9.17, 15) is 19.8 Å². The van der Waals surface area contributed by atoms with E-state index >= 15 is 0 Å². The Balaban J connectivity index is 1.71. The van der Waals surface area contributed by atoms with E-state index in [4.69, 9.17) is 9.15 Å². The van der Waals surface area contributed by atoms with E-state index in [1.165, 1.54) is 17.0 Å². The average Bonchev–Trinajstić information content (AvgIpc) is 3.30. The minimum Gasteiger partial charge on any atom is -0.508 e. The number of ketones is 1. The van der Waals surface area contributed by atoms with Gasteiger partial charge < -0.3 is 24.3 Å². The first-order valence-corrected chi connectivity index (χ1v) is 10.5. The molecule has 3 aromatic rings. The van der Waals surface area contributed by atoms with Gasteiger partial charge >= 0.3 is 0 Å². The van der Waals surface area contributed by atoms with E-state index < -0.39 is 23.5 Å². The molecule has 7 nitrogen and oxygen atoms in total. The lowest BCUT2D eigenvalue weighted by Crippen LogP contribution is -2.32. The van der Waals surface area contributed by atoms with E-state index in [0.717, 1.165) is 5.39 Å². The van der Waals surface area contributed by atoms with Gasteiger partial charge in [0.25, 0.3) is 5.91 Å². The molecule has 32 heavy (non-hydrogen) atoms. The third kappa shape index (κ3) is 4.11. The predicted molar refractivity (Wildman–Crippen MR) is 118 cm³/mol. The van der Waals surface area contributed by atoms with Crippen molar-refractivity contribution in [1.29, 1.82) is 0 Å². The Morgan fingerprint density at radius 3 is 2.62 bits per heavy atom. The van der Waals surface area contributed by atoms with Crippen LogP contribution in [0.3, 0.4) is 0 Å². The Labute approximate surface area is 185 Å². The molecule has 0 bridgehead atoms. The van der Waals surface area contributed by atoms with Gasteiger partial charge in [-0.2, -0.15) is 0 Å². The first-order chi connectivity index (χ1) is 15.4. The summed E-state index contributed by atoms with van der Waals surface area (Å²) in [6, 6.07) is 14.3. The molecule has 1 atom stereocenters. The van der Waals surface area contributed by atoms with Crippen LogP contribution in [0.4, 0.5) is 0 Å². The SMILES string of the molecule is CC(C)OCCCN1C(=O)C(O)=C(C(=O)c2cc3ccccc3o2)C1c1cccc(O)c1. The lowest BCUT2D eigenvalue weighted by molar-refractivity contribution is -0.129. The summed E-state index contributed by atoms with van der Waals surface area (Å²) in [6.07, 6.45) is 0.585. The monoisotopic (exact) mass is 435 g/mol. The van der Waals surface area contributed by atoms with Crippen molar-refractivity contribution in [2.45, 2.75) is 32.4 Å². The summed E-state index contributed by atoms with van der Waals surface area (Å²) in [4.78, 5) is 27.8. The molecule has 0 aliphatic carbocycles. The third-order valence-electron chi connectivity index (χ3n) is 5.38. The second-order valence-electron chi connectivity index (χ2n) is 8.01. The number of amides is 1. The number of hydrogen-bond donors (Lipinski definition) is 2. The van der Waals surface area contributed by atoms with Crippen LogP contribution in [-0.4, -0.2) is 46.1 Å². The van der Waals surface area contributed by atoms with Crippen molar-refractivity contribution < 1.29 is 29.0 Å². The molecule has 4 rings (SSSR count). The van der Waals surface area contributed by atoms with Crippen LogP contribution in [0.15, 0.2) is 70.3 Å². The van der Waals surface area contributed by atoms with Crippen LogP contribution in [-0.2, 0) is 9.53 Å². The van der Waals surface area contributed by atoms with Crippen LogP contribution in [0.2, 0.25) is 0 Å². The third-order valence-corrected chi connectivity index (χ3v) is 5.38. The number of furan rings is 1. The number of phenolic OH excluding ortho intramolecular Hbond substituents is 1. The lowest BCUT2D eigenvalue weighted by Gasteiger charge is -2.27. The van der Waals surface area contributed by atoms with E-state index in [1.54, 1.807) is 30.3 Å². The molecule has 1 amide bonds. The Hall–Kier alpha value is -3.58. The molecule has 2 N–H and O–H groups in total. The summed E-state index contributed by atoms with van der Waals surface area (Å²) in [5, 5.41) is 21.5. The number of aromatic hydroxyl groups is 1. The maximum Gasteiger partial charge on any atom is 0.290 e. The minimum absolute atomic E-state index is 0.0000315. The Morgan fingerprint density at radius 1 is 1.12 bits per heavy atom.